The Morgan fingerprint density at radius 1 is 1.07 bits per heavy atom. The zero-order valence-electron chi connectivity index (χ0n) is 15.9. The molecular weight excluding hydrogens is 380 g/mol. The minimum atomic E-state index is -3.09. The molecule has 0 amide bonds. The minimum absolute atomic E-state index is 0.140. The molecule has 5 nitrogen and oxygen atoms in total. The first-order chi connectivity index (χ1) is 14.0. The van der Waals surface area contributed by atoms with Gasteiger partial charge in [-0.2, -0.15) is 8.78 Å². The van der Waals surface area contributed by atoms with Crippen LogP contribution in [0.25, 0.3) is 0 Å². The first-order valence-corrected chi connectivity index (χ1v) is 9.81. The largest absolute Gasteiger partial charge is 0.478 e. The molecule has 0 spiro atoms. The van der Waals surface area contributed by atoms with E-state index in [0.29, 0.717) is 17.5 Å². The van der Waals surface area contributed by atoms with Crippen molar-refractivity contribution in [2.75, 3.05) is 18.1 Å². The number of carboxylic acids is 1. The molecule has 4 rings (SSSR count). The molecule has 0 saturated heterocycles. The number of anilines is 2. The molecule has 2 aromatic carbocycles. The van der Waals surface area contributed by atoms with Crippen LogP contribution < -0.4 is 9.64 Å². The zero-order chi connectivity index (χ0) is 20.5. The number of carboxylic acid groups (broad SMARTS) is 1. The molecule has 2 aliphatic rings. The van der Waals surface area contributed by atoms with Gasteiger partial charge in [-0.3, -0.25) is 0 Å². The van der Waals surface area contributed by atoms with Crippen molar-refractivity contribution >= 4 is 17.3 Å². The third-order valence-corrected chi connectivity index (χ3v) is 5.41. The molecule has 0 radical (unpaired) electrons. The van der Waals surface area contributed by atoms with Crippen LogP contribution in [0.4, 0.5) is 20.2 Å². The summed E-state index contributed by atoms with van der Waals surface area (Å²) in [6, 6.07) is 10.2. The monoisotopic (exact) mass is 403 g/mol. The maximum atomic E-state index is 13.0. The number of hydrogen-bond acceptors (Lipinski definition) is 4. The summed E-state index contributed by atoms with van der Waals surface area (Å²) < 4.78 is 30.7. The summed E-state index contributed by atoms with van der Waals surface area (Å²) in [5, 5.41) is 18.8. The number of carbonyl (C=O) groups is 1. The number of benzene rings is 2. The normalized spacial score (nSPS) is 16.1. The Balaban J connectivity index is 1.79. The third kappa shape index (κ3) is 4.50. The summed E-state index contributed by atoms with van der Waals surface area (Å²) in [5.74, 6) is -0.404. The Morgan fingerprint density at radius 3 is 2.17 bits per heavy atom. The van der Waals surface area contributed by atoms with Gasteiger partial charge >= 0.3 is 12.6 Å². The Hall–Kier alpha value is -2.67. The van der Waals surface area contributed by atoms with Crippen molar-refractivity contribution < 1.29 is 28.5 Å². The lowest BCUT2D eigenvalue weighted by atomic mass is 10.0. The number of aromatic carboxylic acids is 1. The lowest BCUT2D eigenvalue weighted by Gasteiger charge is -2.27. The van der Waals surface area contributed by atoms with Crippen molar-refractivity contribution in [1.82, 2.24) is 0 Å². The molecular formula is C22H23F2NO4. The number of halogens is 2. The lowest BCUT2D eigenvalue weighted by Crippen LogP contribution is -2.23. The van der Waals surface area contributed by atoms with Crippen LogP contribution in [0.15, 0.2) is 36.4 Å². The van der Waals surface area contributed by atoms with Crippen molar-refractivity contribution in [1.29, 1.82) is 0 Å². The number of ether oxygens (including phenoxy) is 1. The molecule has 0 atom stereocenters. The minimum Gasteiger partial charge on any atom is -0.478 e. The van der Waals surface area contributed by atoms with Gasteiger partial charge in [-0.25, -0.2) is 4.79 Å². The second-order valence-corrected chi connectivity index (χ2v) is 7.65. The predicted octanol–water partition coefficient (Wildman–Crippen LogP) is 4.87. The molecule has 0 unspecified atom stereocenters. The maximum Gasteiger partial charge on any atom is 0.387 e. The van der Waals surface area contributed by atoms with Crippen molar-refractivity contribution in [3.05, 3.63) is 53.1 Å². The average molecular weight is 403 g/mol. The van der Waals surface area contributed by atoms with Crippen molar-refractivity contribution in [3.8, 4) is 5.75 Å². The van der Waals surface area contributed by atoms with Gasteiger partial charge in [0.15, 0.2) is 5.75 Å². The van der Waals surface area contributed by atoms with Crippen LogP contribution in [0.1, 0.15) is 59.0 Å². The fourth-order valence-corrected chi connectivity index (χ4v) is 3.67. The van der Waals surface area contributed by atoms with E-state index in [2.05, 4.69) is 10.8 Å². The van der Waals surface area contributed by atoms with Crippen LogP contribution in [0.5, 0.6) is 5.75 Å². The van der Waals surface area contributed by atoms with Gasteiger partial charge in [-0.1, -0.05) is 6.07 Å². The molecule has 0 aliphatic heterocycles. The molecule has 154 valence electrons. The van der Waals surface area contributed by atoms with Crippen LogP contribution >= 0.6 is 0 Å². The van der Waals surface area contributed by atoms with E-state index in [0.717, 1.165) is 37.4 Å². The van der Waals surface area contributed by atoms with Gasteiger partial charge in [0.1, 0.15) is 0 Å². The smallest absolute Gasteiger partial charge is 0.387 e. The third-order valence-electron chi connectivity index (χ3n) is 5.41. The Kier molecular flexibility index (Phi) is 5.41. The van der Waals surface area contributed by atoms with Gasteiger partial charge < -0.3 is 19.8 Å². The van der Waals surface area contributed by atoms with E-state index in [1.165, 1.54) is 23.3 Å². The van der Waals surface area contributed by atoms with Gasteiger partial charge in [0.25, 0.3) is 0 Å². The molecule has 0 bridgehead atoms. The number of nitrogens with zero attached hydrogens (tertiary/aromatic N) is 1. The molecule has 2 aromatic rings. The number of aliphatic hydroxyl groups is 1. The summed E-state index contributed by atoms with van der Waals surface area (Å²) in [5.41, 5.74) is 3.42. The van der Waals surface area contributed by atoms with Gasteiger partial charge in [0, 0.05) is 12.2 Å². The van der Waals surface area contributed by atoms with E-state index < -0.39 is 12.6 Å². The van der Waals surface area contributed by atoms with Crippen LogP contribution in [-0.2, 0) is 0 Å². The van der Waals surface area contributed by atoms with E-state index in [9.17, 15) is 23.8 Å². The van der Waals surface area contributed by atoms with E-state index in [4.69, 9.17) is 0 Å². The second-order valence-electron chi connectivity index (χ2n) is 7.65. The predicted molar refractivity (Wildman–Crippen MR) is 105 cm³/mol. The van der Waals surface area contributed by atoms with Crippen LogP contribution in [0, 0.1) is 0 Å². The molecule has 2 saturated carbocycles. The highest BCUT2D eigenvalue weighted by Crippen LogP contribution is 2.47. The standard InChI is InChI=1S/C22H23F2NO4/c23-22(24)29-20-12-15(21(27)28)5-6-19(20)25(7-8-26)18-10-16(13-1-2-13)9-17(11-18)14-3-4-14/h5-6,9-14,22,26H,1-4,7-8H2,(H,27,28). The SMILES string of the molecule is O=C(O)c1ccc(N(CCO)c2cc(C3CC3)cc(C3CC3)c2)c(OC(F)F)c1. The van der Waals surface area contributed by atoms with Crippen LogP contribution in [0.3, 0.4) is 0 Å². The fourth-order valence-electron chi connectivity index (χ4n) is 3.67. The first-order valence-electron chi connectivity index (χ1n) is 9.81. The summed E-state index contributed by atoms with van der Waals surface area (Å²) >= 11 is 0. The fraction of sp³-hybridized carbons (Fsp3) is 0.409. The molecule has 0 aromatic heterocycles. The van der Waals surface area contributed by atoms with Gasteiger partial charge in [0.05, 0.1) is 17.9 Å². The van der Waals surface area contributed by atoms with Crippen molar-refractivity contribution in [3.63, 3.8) is 0 Å². The van der Waals surface area contributed by atoms with E-state index >= 15 is 0 Å². The van der Waals surface area contributed by atoms with E-state index in [-0.39, 0.29) is 24.5 Å². The van der Waals surface area contributed by atoms with Gasteiger partial charge in [0.2, 0.25) is 0 Å². The number of hydrogen-bond donors (Lipinski definition) is 2. The van der Waals surface area contributed by atoms with E-state index in [1.54, 1.807) is 4.90 Å². The molecule has 29 heavy (non-hydrogen) atoms. The maximum absolute atomic E-state index is 13.0. The van der Waals surface area contributed by atoms with Gasteiger partial charge in [-0.15, -0.1) is 0 Å². The van der Waals surface area contributed by atoms with Crippen LogP contribution in [-0.4, -0.2) is 35.9 Å². The highest BCUT2D eigenvalue weighted by molar-refractivity contribution is 5.89. The summed E-state index contributed by atoms with van der Waals surface area (Å²) in [6.45, 7) is -3.11. The zero-order valence-corrected chi connectivity index (χ0v) is 15.9. The number of alkyl halides is 2. The molecule has 2 N–H and O–H groups in total. The highest BCUT2D eigenvalue weighted by Gasteiger charge is 2.30. The highest BCUT2D eigenvalue weighted by atomic mass is 19.3. The molecule has 2 aliphatic carbocycles. The number of aliphatic hydroxyl groups excluding tert-OH is 1. The summed E-state index contributed by atoms with van der Waals surface area (Å²) in [7, 11) is 0. The quantitative estimate of drug-likeness (QED) is 0.625. The molecule has 7 heteroatoms. The molecule has 2 fully saturated rings. The van der Waals surface area contributed by atoms with Gasteiger partial charge in [-0.05, 0) is 79.0 Å². The summed E-state index contributed by atoms with van der Waals surface area (Å²) in [4.78, 5) is 13.0. The Labute approximate surface area is 167 Å². The molecule has 0 heterocycles. The van der Waals surface area contributed by atoms with Crippen LogP contribution in [0.2, 0.25) is 0 Å². The Morgan fingerprint density at radius 2 is 1.69 bits per heavy atom. The van der Waals surface area contributed by atoms with E-state index in [1.807, 2.05) is 12.1 Å². The lowest BCUT2D eigenvalue weighted by molar-refractivity contribution is -0.0495. The average Bonchev–Trinajstić information content (AvgIpc) is 3.57. The Bertz CT molecular complexity index is 879. The second kappa shape index (κ2) is 7.99. The topological polar surface area (TPSA) is 70.0 Å². The van der Waals surface area contributed by atoms with Crippen molar-refractivity contribution in [2.24, 2.45) is 0 Å². The number of rotatable bonds is 9. The summed E-state index contributed by atoms with van der Waals surface area (Å²) in [6.07, 6.45) is 4.56. The first kappa shape index (κ1) is 19.6. The van der Waals surface area contributed by atoms with Crippen molar-refractivity contribution in [2.45, 2.75) is 44.1 Å².